The van der Waals surface area contributed by atoms with Gasteiger partial charge in [0.1, 0.15) is 0 Å². The molecule has 1 aromatic heterocycles. The summed E-state index contributed by atoms with van der Waals surface area (Å²) >= 11 is 7.21. The summed E-state index contributed by atoms with van der Waals surface area (Å²) in [6, 6.07) is 10.8. The second kappa shape index (κ2) is 7.72. The molecule has 118 valence electrons. The van der Waals surface area contributed by atoms with Gasteiger partial charge in [-0.15, -0.1) is 11.3 Å². The second-order valence-electron chi connectivity index (χ2n) is 5.58. The van der Waals surface area contributed by atoms with E-state index in [4.69, 9.17) is 12.2 Å². The van der Waals surface area contributed by atoms with E-state index in [0.29, 0.717) is 11.2 Å². The van der Waals surface area contributed by atoms with E-state index in [9.17, 15) is 0 Å². The van der Waals surface area contributed by atoms with Crippen LogP contribution >= 0.6 is 23.6 Å². The molecule has 1 atom stereocenters. The van der Waals surface area contributed by atoms with E-state index in [1.54, 1.807) is 11.3 Å². The van der Waals surface area contributed by atoms with Gasteiger partial charge in [0.15, 0.2) is 5.11 Å². The molecule has 0 aliphatic heterocycles. The summed E-state index contributed by atoms with van der Waals surface area (Å²) in [4.78, 5) is 3.55. The van der Waals surface area contributed by atoms with Crippen molar-refractivity contribution in [2.75, 3.05) is 26.0 Å². The Hall–Kier alpha value is -1.43. The van der Waals surface area contributed by atoms with Gasteiger partial charge < -0.3 is 15.5 Å². The highest BCUT2D eigenvalue weighted by atomic mass is 32.1. The normalized spacial score (nSPS) is 12.2. The fraction of sp³-hybridized carbons (Fsp3) is 0.353. The molecular formula is C17H23N3S2. The molecule has 3 nitrogen and oxygen atoms in total. The van der Waals surface area contributed by atoms with Crippen molar-refractivity contribution in [3.05, 3.63) is 51.7 Å². The fourth-order valence-electron chi connectivity index (χ4n) is 2.26. The average molecular weight is 334 g/mol. The lowest BCUT2D eigenvalue weighted by Gasteiger charge is -2.24. The summed E-state index contributed by atoms with van der Waals surface area (Å²) in [7, 11) is 4.18. The quantitative estimate of drug-likeness (QED) is 0.810. The Labute approximate surface area is 142 Å². The number of anilines is 1. The lowest BCUT2D eigenvalue weighted by atomic mass is 10.1. The molecule has 22 heavy (non-hydrogen) atoms. The minimum atomic E-state index is 0.318. The van der Waals surface area contributed by atoms with Crippen molar-refractivity contribution in [2.45, 2.75) is 19.9 Å². The molecule has 0 aliphatic rings. The van der Waals surface area contributed by atoms with E-state index in [2.05, 4.69) is 73.1 Å². The van der Waals surface area contributed by atoms with Gasteiger partial charge >= 0.3 is 0 Å². The molecule has 2 N–H and O–H groups in total. The number of rotatable bonds is 5. The number of nitrogens with zero attached hydrogens (tertiary/aromatic N) is 1. The number of aryl methyl sites for hydroxylation is 1. The molecule has 1 aromatic carbocycles. The number of hydrogen-bond acceptors (Lipinski definition) is 3. The third-order valence-electron chi connectivity index (χ3n) is 3.80. The van der Waals surface area contributed by atoms with Crippen LogP contribution in [0.15, 0.2) is 35.7 Å². The molecule has 0 unspecified atom stereocenters. The Morgan fingerprint density at radius 3 is 2.64 bits per heavy atom. The second-order valence-corrected chi connectivity index (χ2v) is 6.96. The molecule has 0 fully saturated rings. The van der Waals surface area contributed by atoms with Gasteiger partial charge in [0.05, 0.1) is 6.04 Å². The van der Waals surface area contributed by atoms with Crippen molar-refractivity contribution in [1.29, 1.82) is 0 Å². The van der Waals surface area contributed by atoms with Gasteiger partial charge in [-0.1, -0.05) is 18.2 Å². The van der Waals surface area contributed by atoms with Crippen LogP contribution in [0.5, 0.6) is 0 Å². The topological polar surface area (TPSA) is 27.3 Å². The molecule has 2 aromatic rings. The van der Waals surface area contributed by atoms with Gasteiger partial charge in [-0.05, 0) is 68.8 Å². The fourth-order valence-corrected chi connectivity index (χ4v) is 3.38. The SMILES string of the molecule is Cc1cccc(NC(=S)NC[C@H](c2cccs2)N(C)C)c1C. The maximum absolute atomic E-state index is 5.44. The van der Waals surface area contributed by atoms with Gasteiger partial charge in [-0.25, -0.2) is 0 Å². The summed E-state index contributed by atoms with van der Waals surface area (Å²) in [5.74, 6) is 0. The Morgan fingerprint density at radius 2 is 2.00 bits per heavy atom. The molecule has 0 saturated carbocycles. The molecule has 0 amide bonds. The maximum Gasteiger partial charge on any atom is 0.170 e. The first-order chi connectivity index (χ1) is 10.5. The Kier molecular flexibility index (Phi) is 5.94. The standard InChI is InChI=1S/C17H23N3S2/c1-12-7-5-8-14(13(12)2)19-17(21)18-11-15(20(3)4)16-9-6-10-22-16/h5-10,15H,11H2,1-4H3,(H2,18,19,21)/t15-/m1/s1. The smallest absolute Gasteiger partial charge is 0.170 e. The minimum absolute atomic E-state index is 0.318. The van der Waals surface area contributed by atoms with Crippen molar-refractivity contribution in [3.8, 4) is 0 Å². The van der Waals surface area contributed by atoms with E-state index >= 15 is 0 Å². The minimum Gasteiger partial charge on any atom is -0.360 e. The highest BCUT2D eigenvalue weighted by molar-refractivity contribution is 7.80. The van der Waals surface area contributed by atoms with Crippen molar-refractivity contribution >= 4 is 34.4 Å². The molecule has 0 bridgehead atoms. The van der Waals surface area contributed by atoms with Crippen molar-refractivity contribution in [3.63, 3.8) is 0 Å². The summed E-state index contributed by atoms with van der Waals surface area (Å²) < 4.78 is 0. The monoisotopic (exact) mass is 333 g/mol. The third kappa shape index (κ3) is 4.29. The zero-order valence-corrected chi connectivity index (χ0v) is 15.1. The van der Waals surface area contributed by atoms with Crippen LogP contribution in [0.1, 0.15) is 22.0 Å². The van der Waals surface area contributed by atoms with Crippen LogP contribution in [-0.4, -0.2) is 30.7 Å². The van der Waals surface area contributed by atoms with Crippen LogP contribution < -0.4 is 10.6 Å². The lowest BCUT2D eigenvalue weighted by molar-refractivity contribution is 0.303. The number of benzene rings is 1. The van der Waals surface area contributed by atoms with Gasteiger partial charge in [-0.3, -0.25) is 0 Å². The van der Waals surface area contributed by atoms with Crippen LogP contribution in [0.4, 0.5) is 5.69 Å². The molecule has 2 rings (SSSR count). The van der Waals surface area contributed by atoms with Crippen molar-refractivity contribution in [1.82, 2.24) is 10.2 Å². The van der Waals surface area contributed by atoms with Crippen molar-refractivity contribution in [2.24, 2.45) is 0 Å². The Bertz CT molecular complexity index is 621. The molecule has 0 aliphatic carbocycles. The first-order valence-electron chi connectivity index (χ1n) is 7.30. The van der Waals surface area contributed by atoms with E-state index in [0.717, 1.165) is 12.2 Å². The first kappa shape index (κ1) is 16.9. The number of thiocarbonyl (C=S) groups is 1. The summed E-state index contributed by atoms with van der Waals surface area (Å²) in [6.45, 7) is 4.99. The third-order valence-corrected chi connectivity index (χ3v) is 5.02. The number of thiophene rings is 1. The maximum atomic E-state index is 5.44. The molecule has 0 spiro atoms. The van der Waals surface area contributed by atoms with Gasteiger partial charge in [0, 0.05) is 17.1 Å². The Morgan fingerprint density at radius 1 is 1.23 bits per heavy atom. The van der Waals surface area contributed by atoms with E-state index < -0.39 is 0 Å². The highest BCUT2D eigenvalue weighted by Crippen LogP contribution is 2.22. The van der Waals surface area contributed by atoms with Crippen LogP contribution in [0.25, 0.3) is 0 Å². The van der Waals surface area contributed by atoms with Crippen molar-refractivity contribution < 1.29 is 0 Å². The summed E-state index contributed by atoms with van der Waals surface area (Å²) in [5.41, 5.74) is 3.56. The highest BCUT2D eigenvalue weighted by Gasteiger charge is 2.15. The first-order valence-corrected chi connectivity index (χ1v) is 8.58. The van der Waals surface area contributed by atoms with E-state index in [1.165, 1.54) is 16.0 Å². The molecule has 0 saturated heterocycles. The predicted octanol–water partition coefficient (Wildman–Crippen LogP) is 3.95. The molecule has 0 radical (unpaired) electrons. The number of hydrogen-bond donors (Lipinski definition) is 2. The lowest BCUT2D eigenvalue weighted by Crippen LogP contribution is -2.36. The largest absolute Gasteiger partial charge is 0.360 e. The zero-order chi connectivity index (χ0) is 16.1. The Balaban J connectivity index is 1.96. The molecular weight excluding hydrogens is 310 g/mol. The van der Waals surface area contributed by atoms with Crippen LogP contribution in [-0.2, 0) is 0 Å². The summed E-state index contributed by atoms with van der Waals surface area (Å²) in [6.07, 6.45) is 0. The van der Waals surface area contributed by atoms with Crippen LogP contribution in [0, 0.1) is 13.8 Å². The number of nitrogens with one attached hydrogen (secondary N) is 2. The molecule has 1 heterocycles. The number of likely N-dealkylation sites (N-methyl/N-ethyl adjacent to an activating group) is 1. The van der Waals surface area contributed by atoms with Gasteiger partial charge in [0.2, 0.25) is 0 Å². The van der Waals surface area contributed by atoms with E-state index in [1.807, 2.05) is 6.07 Å². The zero-order valence-electron chi connectivity index (χ0n) is 13.5. The van der Waals surface area contributed by atoms with Crippen LogP contribution in [0.2, 0.25) is 0 Å². The average Bonchev–Trinajstić information content (AvgIpc) is 2.98. The summed E-state index contributed by atoms with van der Waals surface area (Å²) in [5, 5.41) is 9.40. The molecule has 5 heteroatoms. The predicted molar refractivity (Wildman–Crippen MR) is 101 cm³/mol. The van der Waals surface area contributed by atoms with Gasteiger partial charge in [0.25, 0.3) is 0 Å². The van der Waals surface area contributed by atoms with E-state index in [-0.39, 0.29) is 0 Å². The van der Waals surface area contributed by atoms with Gasteiger partial charge in [-0.2, -0.15) is 0 Å². The van der Waals surface area contributed by atoms with Crippen LogP contribution in [0.3, 0.4) is 0 Å².